The molecule has 1 aromatic heterocycles. The Kier molecular flexibility index (Phi) is 3.68. The summed E-state index contributed by atoms with van der Waals surface area (Å²) in [5.74, 6) is 0.681. The number of fused-ring (bicyclic) bond motifs is 1. The van der Waals surface area contributed by atoms with Crippen molar-refractivity contribution in [3.8, 4) is 5.75 Å². The van der Waals surface area contributed by atoms with Gasteiger partial charge in [-0.3, -0.25) is 0 Å². The van der Waals surface area contributed by atoms with Gasteiger partial charge in [-0.25, -0.2) is 14.4 Å². The van der Waals surface area contributed by atoms with Crippen molar-refractivity contribution in [3.63, 3.8) is 0 Å². The normalized spacial score (nSPS) is 17.0. The highest BCUT2D eigenvalue weighted by molar-refractivity contribution is 6.28. The predicted octanol–water partition coefficient (Wildman–Crippen LogP) is 3.75. The molecule has 0 saturated heterocycles. The third-order valence-electron chi connectivity index (χ3n) is 3.78. The van der Waals surface area contributed by atoms with Crippen molar-refractivity contribution in [2.45, 2.75) is 25.9 Å². The molecule has 6 heteroatoms. The molecule has 4 nitrogen and oxygen atoms in total. The van der Waals surface area contributed by atoms with Crippen molar-refractivity contribution in [2.75, 3.05) is 12.0 Å². The molecule has 0 fully saturated rings. The Morgan fingerprint density at radius 1 is 1.48 bits per heavy atom. The fourth-order valence-electron chi connectivity index (χ4n) is 2.84. The van der Waals surface area contributed by atoms with E-state index in [0.29, 0.717) is 6.54 Å². The fourth-order valence-corrected chi connectivity index (χ4v) is 2.99. The summed E-state index contributed by atoms with van der Waals surface area (Å²) in [4.78, 5) is 10.3. The van der Waals surface area contributed by atoms with E-state index in [0.717, 1.165) is 23.4 Å². The molecular formula is C15H15ClFN3O. The smallest absolute Gasteiger partial charge is 0.224 e. The molecule has 2 aromatic rings. The minimum Gasteiger partial charge on any atom is -0.494 e. The minimum atomic E-state index is -0.336. The van der Waals surface area contributed by atoms with E-state index in [1.54, 1.807) is 18.3 Å². The number of benzene rings is 1. The Hall–Kier alpha value is -1.88. The first-order valence-corrected chi connectivity index (χ1v) is 7.13. The van der Waals surface area contributed by atoms with Crippen LogP contribution >= 0.6 is 11.6 Å². The Morgan fingerprint density at radius 3 is 2.95 bits per heavy atom. The molecule has 110 valence electrons. The van der Waals surface area contributed by atoms with E-state index >= 15 is 0 Å². The van der Waals surface area contributed by atoms with Crippen LogP contribution in [0.4, 0.5) is 10.2 Å². The number of methoxy groups -OCH3 is 1. The zero-order valence-corrected chi connectivity index (χ0v) is 12.6. The van der Waals surface area contributed by atoms with Gasteiger partial charge >= 0.3 is 0 Å². The Morgan fingerprint density at radius 2 is 2.29 bits per heavy atom. The number of hydrogen-bond acceptors (Lipinski definition) is 4. The molecule has 0 amide bonds. The van der Waals surface area contributed by atoms with Crippen LogP contribution < -0.4 is 9.64 Å². The molecule has 1 unspecified atom stereocenters. The summed E-state index contributed by atoms with van der Waals surface area (Å²) >= 11 is 5.87. The van der Waals surface area contributed by atoms with Gasteiger partial charge in [-0.1, -0.05) is 6.92 Å². The second kappa shape index (κ2) is 5.48. The third kappa shape index (κ3) is 2.42. The number of rotatable bonds is 3. The van der Waals surface area contributed by atoms with Gasteiger partial charge in [0.25, 0.3) is 0 Å². The average Bonchev–Trinajstić information content (AvgIpc) is 2.83. The van der Waals surface area contributed by atoms with E-state index in [1.807, 2.05) is 6.07 Å². The van der Waals surface area contributed by atoms with Crippen LogP contribution in [0.15, 0.2) is 24.4 Å². The fraction of sp³-hybridized carbons (Fsp3) is 0.333. The number of ether oxygens (including phenoxy) is 1. The molecule has 2 heterocycles. The predicted molar refractivity (Wildman–Crippen MR) is 79.2 cm³/mol. The Balaban J connectivity index is 2.03. The lowest BCUT2D eigenvalue weighted by atomic mass is 10.0. The van der Waals surface area contributed by atoms with Gasteiger partial charge < -0.3 is 9.64 Å². The summed E-state index contributed by atoms with van der Waals surface area (Å²) in [6.45, 7) is 2.72. The highest BCUT2D eigenvalue weighted by Crippen LogP contribution is 2.40. The first-order chi connectivity index (χ1) is 10.1. The molecule has 0 radical (unpaired) electrons. The standard InChI is InChI=1S/C15H15ClFN3O/c1-3-12-10-7-11(17)13(21-2)6-9(10)8-20(12)14-4-5-18-15(16)19-14/h4-7,12H,3,8H2,1-2H3. The molecular weight excluding hydrogens is 293 g/mol. The second-order valence-corrected chi connectivity index (χ2v) is 5.26. The van der Waals surface area contributed by atoms with E-state index in [1.165, 1.54) is 7.11 Å². The second-order valence-electron chi connectivity index (χ2n) is 4.92. The van der Waals surface area contributed by atoms with Crippen molar-refractivity contribution in [1.82, 2.24) is 9.97 Å². The Bertz CT molecular complexity index is 680. The van der Waals surface area contributed by atoms with Gasteiger partial charge in [0, 0.05) is 12.7 Å². The highest BCUT2D eigenvalue weighted by Gasteiger charge is 2.31. The van der Waals surface area contributed by atoms with Gasteiger partial charge in [0.2, 0.25) is 5.28 Å². The quantitative estimate of drug-likeness (QED) is 0.810. The van der Waals surface area contributed by atoms with E-state index in [2.05, 4.69) is 21.8 Å². The number of halogens is 2. The maximum Gasteiger partial charge on any atom is 0.224 e. The topological polar surface area (TPSA) is 38.2 Å². The summed E-state index contributed by atoms with van der Waals surface area (Å²) in [6, 6.07) is 5.21. The first kappa shape index (κ1) is 14.1. The van der Waals surface area contributed by atoms with Crippen LogP contribution in [0.2, 0.25) is 5.28 Å². The molecule has 0 aliphatic carbocycles. The highest BCUT2D eigenvalue weighted by atomic mass is 35.5. The molecule has 1 atom stereocenters. The molecule has 1 aliphatic rings. The van der Waals surface area contributed by atoms with E-state index in [-0.39, 0.29) is 22.9 Å². The number of nitrogens with zero attached hydrogens (tertiary/aromatic N) is 3. The largest absolute Gasteiger partial charge is 0.494 e. The van der Waals surface area contributed by atoms with Crippen LogP contribution in [0.25, 0.3) is 0 Å². The molecule has 0 N–H and O–H groups in total. The van der Waals surface area contributed by atoms with Crippen LogP contribution in [0.1, 0.15) is 30.5 Å². The van der Waals surface area contributed by atoms with Gasteiger partial charge in [0.1, 0.15) is 5.82 Å². The van der Waals surface area contributed by atoms with Gasteiger partial charge in [0.05, 0.1) is 13.2 Å². The van der Waals surface area contributed by atoms with Gasteiger partial charge in [-0.15, -0.1) is 0 Å². The molecule has 0 bridgehead atoms. The van der Waals surface area contributed by atoms with Crippen LogP contribution in [-0.4, -0.2) is 17.1 Å². The van der Waals surface area contributed by atoms with Crippen LogP contribution in [-0.2, 0) is 6.54 Å². The summed E-state index contributed by atoms with van der Waals surface area (Å²) in [5, 5.41) is 0.210. The molecule has 1 aliphatic heterocycles. The summed E-state index contributed by atoms with van der Waals surface area (Å²) < 4.78 is 19.0. The zero-order valence-electron chi connectivity index (χ0n) is 11.8. The Labute approximate surface area is 127 Å². The van der Waals surface area contributed by atoms with Crippen molar-refractivity contribution in [1.29, 1.82) is 0 Å². The van der Waals surface area contributed by atoms with Gasteiger partial charge in [-0.2, -0.15) is 0 Å². The molecule has 0 saturated carbocycles. The summed E-state index contributed by atoms with van der Waals surface area (Å²) in [6.07, 6.45) is 2.47. The lowest BCUT2D eigenvalue weighted by Gasteiger charge is -2.25. The van der Waals surface area contributed by atoms with Gasteiger partial charge in [0.15, 0.2) is 11.6 Å². The number of anilines is 1. The maximum absolute atomic E-state index is 14.0. The van der Waals surface area contributed by atoms with Crippen LogP contribution in [0.3, 0.4) is 0 Å². The summed E-state index contributed by atoms with van der Waals surface area (Å²) in [5.41, 5.74) is 2.03. The zero-order chi connectivity index (χ0) is 15.0. The van der Waals surface area contributed by atoms with Gasteiger partial charge in [-0.05, 0) is 47.3 Å². The SMILES string of the molecule is CCC1c2cc(F)c(OC)cc2CN1c1ccnc(Cl)n1. The van der Waals surface area contributed by atoms with Crippen molar-refractivity contribution >= 4 is 17.4 Å². The first-order valence-electron chi connectivity index (χ1n) is 6.75. The minimum absolute atomic E-state index is 0.0753. The van der Waals surface area contributed by atoms with E-state index in [9.17, 15) is 4.39 Å². The lowest BCUT2D eigenvalue weighted by Crippen LogP contribution is -2.22. The molecule has 21 heavy (non-hydrogen) atoms. The maximum atomic E-state index is 14.0. The molecule has 3 rings (SSSR count). The molecule has 1 aromatic carbocycles. The molecule has 0 spiro atoms. The van der Waals surface area contributed by atoms with Crippen molar-refractivity contribution in [2.24, 2.45) is 0 Å². The number of aromatic nitrogens is 2. The average molecular weight is 308 g/mol. The van der Waals surface area contributed by atoms with Crippen molar-refractivity contribution in [3.05, 3.63) is 46.6 Å². The monoisotopic (exact) mass is 307 g/mol. The summed E-state index contributed by atoms with van der Waals surface area (Å²) in [7, 11) is 1.47. The van der Waals surface area contributed by atoms with E-state index < -0.39 is 0 Å². The van der Waals surface area contributed by atoms with E-state index in [4.69, 9.17) is 16.3 Å². The number of hydrogen-bond donors (Lipinski definition) is 0. The van der Waals surface area contributed by atoms with Crippen LogP contribution in [0.5, 0.6) is 5.75 Å². The third-order valence-corrected chi connectivity index (χ3v) is 3.96. The lowest BCUT2D eigenvalue weighted by molar-refractivity contribution is 0.385. The van der Waals surface area contributed by atoms with Crippen LogP contribution in [0, 0.1) is 5.82 Å². The van der Waals surface area contributed by atoms with Crippen molar-refractivity contribution < 1.29 is 9.13 Å².